The third-order valence-electron chi connectivity index (χ3n) is 6.43. The van der Waals surface area contributed by atoms with Gasteiger partial charge in [0.05, 0.1) is 16.3 Å². The van der Waals surface area contributed by atoms with E-state index in [0.717, 1.165) is 17.9 Å². The van der Waals surface area contributed by atoms with Gasteiger partial charge in [-0.3, -0.25) is 4.72 Å². The lowest BCUT2D eigenvalue weighted by molar-refractivity contribution is 0.400. The van der Waals surface area contributed by atoms with Crippen LogP contribution in [0.15, 0.2) is 74.2 Å². The van der Waals surface area contributed by atoms with Crippen LogP contribution in [0.5, 0.6) is 0 Å². The van der Waals surface area contributed by atoms with Crippen LogP contribution in [0.2, 0.25) is 0 Å². The molecule has 0 atom stereocenters. The van der Waals surface area contributed by atoms with Gasteiger partial charge in [-0.1, -0.05) is 69.9 Å². The molecule has 0 aliphatic rings. The zero-order valence-electron chi connectivity index (χ0n) is 22.9. The van der Waals surface area contributed by atoms with Crippen molar-refractivity contribution < 1.29 is 12.9 Å². The van der Waals surface area contributed by atoms with Gasteiger partial charge in [-0.05, 0) is 61.9 Å². The van der Waals surface area contributed by atoms with Crippen LogP contribution in [0, 0.1) is 6.92 Å². The number of nitrogens with zero attached hydrogens (tertiary/aromatic N) is 4. The summed E-state index contributed by atoms with van der Waals surface area (Å²) in [6.07, 6.45) is 13.4. The van der Waals surface area contributed by atoms with E-state index in [2.05, 4.69) is 51.1 Å². The first-order chi connectivity index (χ1) is 18.4. The highest BCUT2D eigenvalue weighted by Gasteiger charge is 2.16. The van der Waals surface area contributed by atoms with Gasteiger partial charge in [-0.25, -0.2) is 8.42 Å². The molecule has 3 rings (SSSR count). The van der Waals surface area contributed by atoms with Gasteiger partial charge < -0.3 is 9.42 Å². The highest BCUT2D eigenvalue weighted by atomic mass is 32.2. The molecule has 0 radical (unpaired) electrons. The second kappa shape index (κ2) is 15.3. The molecule has 206 valence electrons. The molecule has 0 spiro atoms. The van der Waals surface area contributed by atoms with Gasteiger partial charge >= 0.3 is 0 Å². The van der Waals surface area contributed by atoms with Crippen LogP contribution in [0.1, 0.15) is 76.9 Å². The molecule has 38 heavy (non-hydrogen) atoms. The Hall–Kier alpha value is -3.20. The summed E-state index contributed by atoms with van der Waals surface area (Å²) in [5.74, 6) is 0.663. The summed E-state index contributed by atoms with van der Waals surface area (Å²) in [5.41, 5.74) is 2.45. The van der Waals surface area contributed by atoms with E-state index in [-0.39, 0.29) is 10.7 Å². The monoisotopic (exact) mass is 539 g/mol. The van der Waals surface area contributed by atoms with Gasteiger partial charge in [-0.15, -0.1) is 0 Å². The molecule has 0 bridgehead atoms. The van der Waals surface area contributed by atoms with Gasteiger partial charge in [0.2, 0.25) is 0 Å². The second-order valence-corrected chi connectivity index (χ2v) is 11.4. The molecule has 8 nitrogen and oxygen atoms in total. The minimum absolute atomic E-state index is 0.104. The number of nitrogens with one attached hydrogen (secondary N) is 1. The van der Waals surface area contributed by atoms with E-state index in [1.54, 1.807) is 19.1 Å². The van der Waals surface area contributed by atoms with Gasteiger partial charge in [0, 0.05) is 25.3 Å². The molecule has 0 aliphatic carbocycles. The Balaban J connectivity index is 1.40. The smallest absolute Gasteiger partial charge is 0.263 e. The van der Waals surface area contributed by atoms with Crippen molar-refractivity contribution in [3.63, 3.8) is 0 Å². The quantitative estimate of drug-likeness (QED) is 0.137. The van der Waals surface area contributed by atoms with Gasteiger partial charge in [-0.2, -0.15) is 10.2 Å². The predicted octanol–water partition coefficient (Wildman–Crippen LogP) is 8.56. The SMILES string of the molecule is CCCCCCCCCCCCN(C)c1ccc(N=Nc2ccc(S(=O)(=O)Nc3cc(C)on3)cc2)cc1. The number of sulfonamides is 1. The molecular weight excluding hydrogens is 498 g/mol. The molecule has 9 heteroatoms. The van der Waals surface area contributed by atoms with Gasteiger partial charge in [0.15, 0.2) is 5.82 Å². The zero-order valence-corrected chi connectivity index (χ0v) is 23.7. The van der Waals surface area contributed by atoms with Crippen molar-refractivity contribution in [2.75, 3.05) is 23.2 Å². The second-order valence-electron chi connectivity index (χ2n) is 9.74. The summed E-state index contributed by atoms with van der Waals surface area (Å²) < 4.78 is 32.3. The van der Waals surface area contributed by atoms with Crippen molar-refractivity contribution in [3.8, 4) is 0 Å². The molecular formula is C29H41N5O3S. The molecule has 0 fully saturated rings. The Labute approximate surface area is 227 Å². The Kier molecular flexibility index (Phi) is 11.8. The minimum atomic E-state index is -3.76. The zero-order chi connectivity index (χ0) is 27.2. The van der Waals surface area contributed by atoms with Crippen LogP contribution in [-0.4, -0.2) is 27.2 Å². The van der Waals surface area contributed by atoms with E-state index in [0.29, 0.717) is 11.4 Å². The number of aromatic nitrogens is 1. The molecule has 3 aromatic rings. The topological polar surface area (TPSA) is 100 Å². The van der Waals surface area contributed by atoms with Gasteiger partial charge in [0.1, 0.15) is 5.76 Å². The normalized spacial score (nSPS) is 11.8. The van der Waals surface area contributed by atoms with Crippen molar-refractivity contribution in [2.24, 2.45) is 10.2 Å². The maximum absolute atomic E-state index is 12.5. The van der Waals surface area contributed by atoms with Crippen molar-refractivity contribution in [1.29, 1.82) is 0 Å². The molecule has 0 saturated heterocycles. The largest absolute Gasteiger partial charge is 0.375 e. The number of aryl methyl sites for hydroxylation is 1. The third-order valence-corrected chi connectivity index (χ3v) is 7.80. The fraction of sp³-hybridized carbons (Fsp3) is 0.483. The lowest BCUT2D eigenvalue weighted by atomic mass is 10.1. The summed E-state index contributed by atoms with van der Waals surface area (Å²) >= 11 is 0. The van der Waals surface area contributed by atoms with Crippen molar-refractivity contribution in [2.45, 2.75) is 83.0 Å². The molecule has 2 aromatic carbocycles. The molecule has 0 aliphatic heterocycles. The summed E-state index contributed by atoms with van der Waals surface area (Å²) in [6.45, 7) is 4.99. The predicted molar refractivity (Wildman–Crippen MR) is 154 cm³/mol. The highest BCUT2D eigenvalue weighted by molar-refractivity contribution is 7.92. The molecule has 0 unspecified atom stereocenters. The molecule has 1 aromatic heterocycles. The summed E-state index contributed by atoms with van der Waals surface area (Å²) in [4.78, 5) is 2.38. The van der Waals surface area contributed by atoms with Crippen LogP contribution >= 0.6 is 0 Å². The number of rotatable bonds is 17. The Morgan fingerprint density at radius 2 is 1.34 bits per heavy atom. The van der Waals surface area contributed by atoms with Crippen LogP contribution in [0.3, 0.4) is 0 Å². The first-order valence-electron chi connectivity index (χ1n) is 13.7. The Bertz CT molecular complexity index is 1220. The first-order valence-corrected chi connectivity index (χ1v) is 15.1. The number of unbranched alkanes of at least 4 members (excludes halogenated alkanes) is 9. The third kappa shape index (κ3) is 9.93. The van der Waals surface area contributed by atoms with Crippen LogP contribution in [-0.2, 0) is 10.0 Å². The lowest BCUT2D eigenvalue weighted by Gasteiger charge is -2.19. The maximum Gasteiger partial charge on any atom is 0.263 e. The van der Waals surface area contributed by atoms with Crippen LogP contribution in [0.25, 0.3) is 0 Å². The molecule has 1 N–H and O–H groups in total. The standard InChI is InChI=1S/C29H41N5O3S/c1-4-5-6-7-8-9-10-11-12-13-22-34(3)27-18-14-25(15-19-27)30-31-26-16-20-28(21-17-26)38(35,36)33-29-23-24(2)37-32-29/h14-21,23H,4-13,22H2,1-3H3,(H,32,33). The molecule has 0 amide bonds. The van der Waals surface area contributed by atoms with E-state index in [1.807, 2.05) is 12.1 Å². The lowest BCUT2D eigenvalue weighted by Crippen LogP contribution is -2.18. The van der Waals surface area contributed by atoms with E-state index in [9.17, 15) is 8.42 Å². The van der Waals surface area contributed by atoms with Gasteiger partial charge in [0.25, 0.3) is 10.0 Å². The minimum Gasteiger partial charge on any atom is -0.375 e. The van der Waals surface area contributed by atoms with E-state index in [1.165, 1.54) is 82.4 Å². The van der Waals surface area contributed by atoms with E-state index < -0.39 is 10.0 Å². The first kappa shape index (κ1) is 29.4. The highest BCUT2D eigenvalue weighted by Crippen LogP contribution is 2.24. The van der Waals surface area contributed by atoms with Crippen LogP contribution < -0.4 is 9.62 Å². The summed E-state index contributed by atoms with van der Waals surface area (Å²) in [5, 5.41) is 12.2. The Morgan fingerprint density at radius 3 is 1.87 bits per heavy atom. The molecule has 1 heterocycles. The fourth-order valence-corrected chi connectivity index (χ4v) is 5.14. The van der Waals surface area contributed by atoms with Crippen molar-refractivity contribution >= 4 is 32.9 Å². The van der Waals surface area contributed by atoms with Crippen LogP contribution in [0.4, 0.5) is 22.9 Å². The molecule has 0 saturated carbocycles. The van der Waals surface area contributed by atoms with Crippen molar-refractivity contribution in [1.82, 2.24) is 5.16 Å². The van der Waals surface area contributed by atoms with Crippen molar-refractivity contribution in [3.05, 3.63) is 60.4 Å². The number of azo groups is 1. The number of anilines is 2. The summed E-state index contributed by atoms with van der Waals surface area (Å²) in [7, 11) is -1.64. The number of benzene rings is 2. The number of hydrogen-bond donors (Lipinski definition) is 1. The van der Waals surface area contributed by atoms with E-state index >= 15 is 0 Å². The fourth-order valence-electron chi connectivity index (χ4n) is 4.16. The average Bonchev–Trinajstić information content (AvgIpc) is 3.32. The number of hydrogen-bond acceptors (Lipinski definition) is 7. The average molecular weight is 540 g/mol. The van der Waals surface area contributed by atoms with E-state index in [4.69, 9.17) is 4.52 Å². The summed E-state index contributed by atoms with van der Waals surface area (Å²) in [6, 6.07) is 15.7. The maximum atomic E-state index is 12.5. The Morgan fingerprint density at radius 1 is 0.816 bits per heavy atom.